The van der Waals surface area contributed by atoms with E-state index in [-0.39, 0.29) is 37.8 Å². The molecule has 226 valence electrons. The lowest BCUT2D eigenvalue weighted by Gasteiger charge is -2.25. The number of rotatable bonds is 16. The van der Waals surface area contributed by atoms with Crippen LogP contribution < -0.4 is 38.5 Å². The average Bonchev–Trinajstić information content (AvgIpc) is 3.39. The first kappa shape index (κ1) is 34.0. The summed E-state index contributed by atoms with van der Waals surface area (Å²) in [5.74, 6) is -4.91. The normalized spacial score (nSPS) is 16.8. The zero-order valence-corrected chi connectivity index (χ0v) is 22.7. The molecule has 4 unspecified atom stereocenters. The number of hydrogen-bond acceptors (Lipinski definition) is 9. The maximum absolute atomic E-state index is 12.8. The maximum Gasteiger partial charge on any atom is 0.328 e. The molecule has 1 aliphatic heterocycles. The third-order valence-electron chi connectivity index (χ3n) is 6.13. The van der Waals surface area contributed by atoms with Crippen LogP contribution in [-0.4, -0.2) is 114 Å². The predicted octanol–water partition coefficient (Wildman–Crippen LogP) is -4.71. The number of likely N-dealkylation sites (tertiary alicyclic amines) is 1. The van der Waals surface area contributed by atoms with E-state index in [0.29, 0.717) is 19.4 Å². The minimum absolute atomic E-state index is 0.0250. The Bertz CT molecular complexity index is 955. The smallest absolute Gasteiger partial charge is 0.328 e. The first-order valence-corrected chi connectivity index (χ1v) is 12.9. The van der Waals surface area contributed by atoms with Gasteiger partial charge in [-0.05, 0) is 31.6 Å². The zero-order chi connectivity index (χ0) is 30.4. The van der Waals surface area contributed by atoms with Crippen LogP contribution in [0.15, 0.2) is 4.99 Å². The van der Waals surface area contributed by atoms with Crippen molar-refractivity contribution < 1.29 is 39.0 Å². The molecule has 1 saturated heterocycles. The number of carbonyl (C=O) groups is 6. The second kappa shape index (κ2) is 16.9. The van der Waals surface area contributed by atoms with Crippen molar-refractivity contribution in [3.63, 3.8) is 0 Å². The summed E-state index contributed by atoms with van der Waals surface area (Å²) in [4.78, 5) is 78.8. The molecule has 1 fully saturated rings. The fourth-order valence-corrected chi connectivity index (χ4v) is 3.78. The zero-order valence-electron chi connectivity index (χ0n) is 22.7. The summed E-state index contributed by atoms with van der Waals surface area (Å²) in [7, 11) is 0. The summed E-state index contributed by atoms with van der Waals surface area (Å²) >= 11 is 0. The van der Waals surface area contributed by atoms with Crippen LogP contribution in [0.2, 0.25) is 0 Å². The van der Waals surface area contributed by atoms with Crippen molar-refractivity contribution in [3.05, 3.63) is 0 Å². The number of amides is 5. The lowest BCUT2D eigenvalue weighted by Crippen LogP contribution is -2.55. The second-order valence-corrected chi connectivity index (χ2v) is 9.60. The molecule has 0 aromatic heterocycles. The van der Waals surface area contributed by atoms with Crippen LogP contribution in [0.1, 0.15) is 39.5 Å². The maximum atomic E-state index is 12.8. The van der Waals surface area contributed by atoms with Gasteiger partial charge in [0.15, 0.2) is 5.96 Å². The van der Waals surface area contributed by atoms with Gasteiger partial charge in [0.1, 0.15) is 18.1 Å². The van der Waals surface area contributed by atoms with Crippen LogP contribution in [-0.2, 0) is 28.8 Å². The van der Waals surface area contributed by atoms with E-state index in [4.69, 9.17) is 22.3 Å². The summed E-state index contributed by atoms with van der Waals surface area (Å²) < 4.78 is 0. The molecule has 0 aromatic carbocycles. The Labute approximate surface area is 231 Å². The number of aliphatic hydroxyl groups is 1. The monoisotopic (exact) mass is 571 g/mol. The first-order valence-electron chi connectivity index (χ1n) is 12.9. The van der Waals surface area contributed by atoms with Crippen LogP contribution in [0.3, 0.4) is 0 Å². The van der Waals surface area contributed by atoms with Crippen LogP contribution in [0, 0.1) is 5.92 Å². The molecular formula is C23H41N9O8. The number of carboxylic acid groups (broad SMARTS) is 1. The van der Waals surface area contributed by atoms with Crippen molar-refractivity contribution in [1.82, 2.24) is 26.2 Å². The van der Waals surface area contributed by atoms with Crippen molar-refractivity contribution in [2.75, 3.05) is 32.8 Å². The molecule has 1 heterocycles. The van der Waals surface area contributed by atoms with Crippen LogP contribution in [0.5, 0.6) is 0 Å². The van der Waals surface area contributed by atoms with Gasteiger partial charge in [-0.25, -0.2) is 4.79 Å². The Balaban J connectivity index is 2.71. The third kappa shape index (κ3) is 11.4. The largest absolute Gasteiger partial charge is 0.480 e. The van der Waals surface area contributed by atoms with Gasteiger partial charge < -0.3 is 53.6 Å². The fourth-order valence-electron chi connectivity index (χ4n) is 3.78. The predicted molar refractivity (Wildman–Crippen MR) is 142 cm³/mol. The van der Waals surface area contributed by atoms with Crippen molar-refractivity contribution in [3.8, 4) is 0 Å². The van der Waals surface area contributed by atoms with Crippen molar-refractivity contribution >= 4 is 41.5 Å². The minimum atomic E-state index is -1.58. The molecule has 1 rings (SSSR count). The van der Waals surface area contributed by atoms with Gasteiger partial charge in [0.2, 0.25) is 29.5 Å². The Morgan fingerprint density at radius 3 is 2.25 bits per heavy atom. The first-order chi connectivity index (χ1) is 18.8. The van der Waals surface area contributed by atoms with Crippen LogP contribution in [0.25, 0.3) is 0 Å². The number of nitrogens with two attached hydrogens (primary N) is 3. The number of carboxylic acids is 1. The molecule has 4 atom stereocenters. The lowest BCUT2D eigenvalue weighted by atomic mass is 10.1. The SMILES string of the molecule is CC(C)C(N)C(=O)NCC(=O)N1CCCC1C(=O)NCC(=O)NC(CCCN=C(N)N)C(=O)NC(CO)C(=O)O. The van der Waals surface area contributed by atoms with Gasteiger partial charge in [-0.1, -0.05) is 13.8 Å². The molecule has 0 aliphatic carbocycles. The van der Waals surface area contributed by atoms with E-state index in [2.05, 4.69) is 26.3 Å². The fraction of sp³-hybridized carbons (Fsp3) is 0.696. The molecule has 17 nitrogen and oxygen atoms in total. The molecule has 0 radical (unpaired) electrons. The summed E-state index contributed by atoms with van der Waals surface area (Å²) in [6, 6.07) is -4.42. The highest BCUT2D eigenvalue weighted by atomic mass is 16.4. The Morgan fingerprint density at radius 2 is 1.68 bits per heavy atom. The lowest BCUT2D eigenvalue weighted by molar-refractivity contribution is -0.143. The van der Waals surface area contributed by atoms with E-state index < -0.39 is 72.8 Å². The number of hydrogen-bond donors (Lipinski definition) is 9. The van der Waals surface area contributed by atoms with Gasteiger partial charge in [-0.15, -0.1) is 0 Å². The molecule has 12 N–H and O–H groups in total. The number of aliphatic carboxylic acids is 1. The molecule has 5 amide bonds. The van der Waals surface area contributed by atoms with Crippen molar-refractivity contribution in [2.45, 2.75) is 63.7 Å². The van der Waals surface area contributed by atoms with E-state index in [1.165, 1.54) is 4.90 Å². The number of carbonyl (C=O) groups excluding carboxylic acids is 5. The second-order valence-electron chi connectivity index (χ2n) is 9.60. The van der Waals surface area contributed by atoms with E-state index in [1.54, 1.807) is 13.8 Å². The Hall–Kier alpha value is -3.99. The van der Waals surface area contributed by atoms with Crippen LogP contribution in [0.4, 0.5) is 0 Å². The topological polar surface area (TPSA) is 285 Å². The molecule has 1 aliphatic rings. The molecule has 0 aromatic rings. The summed E-state index contributed by atoms with van der Waals surface area (Å²) in [6.07, 6.45) is 1.17. The van der Waals surface area contributed by atoms with Gasteiger partial charge in [0.05, 0.1) is 25.7 Å². The molecule has 0 saturated carbocycles. The van der Waals surface area contributed by atoms with E-state index >= 15 is 0 Å². The number of nitrogens with one attached hydrogen (secondary N) is 4. The van der Waals surface area contributed by atoms with E-state index in [0.717, 1.165) is 0 Å². The van der Waals surface area contributed by atoms with Gasteiger partial charge in [-0.3, -0.25) is 29.0 Å². The number of aliphatic hydroxyl groups excluding tert-OH is 1. The summed E-state index contributed by atoms with van der Waals surface area (Å²) in [5.41, 5.74) is 16.3. The highest BCUT2D eigenvalue weighted by Crippen LogP contribution is 2.17. The van der Waals surface area contributed by atoms with Gasteiger partial charge >= 0.3 is 5.97 Å². The molecule has 17 heteroatoms. The Kier molecular flexibility index (Phi) is 14.3. The number of guanidine groups is 1. The summed E-state index contributed by atoms with van der Waals surface area (Å²) in [5, 5.41) is 27.7. The standard InChI is InChI=1S/C23H41N9O8/c1-12(2)18(24)21(38)29-10-17(35)32-8-4-6-15(32)20(37)28-9-16(34)30-13(5-3-7-27-23(25)26)19(36)31-14(11-33)22(39)40/h12-15,18,33H,3-11,24H2,1-2H3,(H,28,37)(H,29,38)(H,30,34)(H,31,36)(H,39,40)(H4,25,26,27). The van der Waals surface area contributed by atoms with Gasteiger partial charge in [0, 0.05) is 13.1 Å². The Morgan fingerprint density at radius 1 is 1.00 bits per heavy atom. The average molecular weight is 572 g/mol. The van der Waals surface area contributed by atoms with E-state index in [9.17, 15) is 33.9 Å². The third-order valence-corrected chi connectivity index (χ3v) is 6.13. The molecular weight excluding hydrogens is 530 g/mol. The quantitative estimate of drug-likeness (QED) is 0.0482. The van der Waals surface area contributed by atoms with Gasteiger partial charge in [-0.2, -0.15) is 0 Å². The van der Waals surface area contributed by atoms with Crippen molar-refractivity contribution in [2.24, 2.45) is 28.1 Å². The van der Waals surface area contributed by atoms with Crippen molar-refractivity contribution in [1.29, 1.82) is 0 Å². The number of aliphatic imine (C=N–C) groups is 1. The van der Waals surface area contributed by atoms with Gasteiger partial charge in [0.25, 0.3) is 0 Å². The highest BCUT2D eigenvalue weighted by Gasteiger charge is 2.34. The van der Waals surface area contributed by atoms with E-state index in [1.807, 2.05) is 0 Å². The minimum Gasteiger partial charge on any atom is -0.480 e. The molecule has 40 heavy (non-hydrogen) atoms. The number of nitrogens with zero attached hydrogens (tertiary/aromatic N) is 2. The molecule has 0 bridgehead atoms. The van der Waals surface area contributed by atoms with Crippen LogP contribution >= 0.6 is 0 Å². The summed E-state index contributed by atoms with van der Waals surface area (Å²) in [6.45, 7) is 2.25. The highest BCUT2D eigenvalue weighted by molar-refractivity contribution is 5.94. The molecule has 0 spiro atoms.